The summed E-state index contributed by atoms with van der Waals surface area (Å²) >= 11 is 0. The number of ether oxygens (including phenoxy) is 1. The van der Waals surface area contributed by atoms with E-state index in [1.54, 1.807) is 16.5 Å². The van der Waals surface area contributed by atoms with E-state index in [4.69, 9.17) is 10.1 Å². The highest BCUT2D eigenvalue weighted by atomic mass is 19.1. The summed E-state index contributed by atoms with van der Waals surface area (Å²) in [4.78, 5) is 15.6. The van der Waals surface area contributed by atoms with E-state index < -0.39 is 0 Å². The van der Waals surface area contributed by atoms with Crippen LogP contribution < -0.4 is 10.2 Å². The van der Waals surface area contributed by atoms with Crippen LogP contribution in [0.4, 0.5) is 10.1 Å². The quantitative estimate of drug-likeness (QED) is 0.519. The van der Waals surface area contributed by atoms with Crippen molar-refractivity contribution < 1.29 is 13.9 Å². The fourth-order valence-electron chi connectivity index (χ4n) is 4.79. The van der Waals surface area contributed by atoms with Crippen molar-refractivity contribution in [3.8, 4) is 0 Å². The standard InChI is InChI=1S/C21H27FN4O2.C5H8N2/c1-14(27)25-9-6-19(24-17-7-10-28-13-17)18(12-25)21(23)26-8-2-3-15-4-5-16(22)11-20(15)26;1-5-3-6-7(2)4-5/h4-5,11,17,23-24H,2-3,6-10,12-13H2,1H3;3-4H,1-2H3. The van der Waals surface area contributed by atoms with Gasteiger partial charge >= 0.3 is 0 Å². The van der Waals surface area contributed by atoms with E-state index in [9.17, 15) is 9.18 Å². The zero-order chi connectivity index (χ0) is 24.9. The van der Waals surface area contributed by atoms with Crippen LogP contribution in [0, 0.1) is 18.2 Å². The Hall–Kier alpha value is -3.20. The third-order valence-corrected chi connectivity index (χ3v) is 6.65. The number of anilines is 1. The van der Waals surface area contributed by atoms with E-state index in [2.05, 4.69) is 10.4 Å². The zero-order valence-electron chi connectivity index (χ0n) is 20.8. The minimum atomic E-state index is -0.289. The molecule has 0 spiro atoms. The first kappa shape index (κ1) is 24.9. The number of carbonyl (C=O) groups is 1. The van der Waals surface area contributed by atoms with Crippen molar-refractivity contribution in [2.45, 2.75) is 45.6 Å². The summed E-state index contributed by atoms with van der Waals surface area (Å²) in [6.07, 6.45) is 7.25. The number of rotatable bonds is 3. The van der Waals surface area contributed by atoms with Gasteiger partial charge in [0.15, 0.2) is 0 Å². The maximum absolute atomic E-state index is 13.9. The van der Waals surface area contributed by atoms with E-state index in [0.29, 0.717) is 38.5 Å². The SMILES string of the molecule is CC(=O)N1CCC(NC2CCOC2)=C(C(=N)N2CCCc3ccc(F)cc32)C1.Cc1cnn(C)c1. The van der Waals surface area contributed by atoms with Gasteiger partial charge in [-0.1, -0.05) is 6.07 Å². The monoisotopic (exact) mass is 482 g/mol. The Kier molecular flexibility index (Phi) is 7.85. The van der Waals surface area contributed by atoms with Gasteiger partial charge < -0.3 is 19.9 Å². The van der Waals surface area contributed by atoms with Gasteiger partial charge in [0, 0.05) is 63.2 Å². The molecule has 1 unspecified atom stereocenters. The molecule has 0 aliphatic carbocycles. The molecule has 35 heavy (non-hydrogen) atoms. The fraction of sp³-hybridized carbons (Fsp3) is 0.500. The van der Waals surface area contributed by atoms with Crippen molar-refractivity contribution in [3.05, 3.63) is 58.8 Å². The lowest BCUT2D eigenvalue weighted by Crippen LogP contribution is -2.46. The Balaban J connectivity index is 0.000000356. The van der Waals surface area contributed by atoms with Crippen LogP contribution >= 0.6 is 0 Å². The minimum absolute atomic E-state index is 0.0126. The maximum Gasteiger partial charge on any atom is 0.219 e. The molecule has 1 aromatic carbocycles. The second-order valence-corrected chi connectivity index (χ2v) is 9.42. The molecule has 0 bridgehead atoms. The molecular weight excluding hydrogens is 447 g/mol. The Morgan fingerprint density at radius 3 is 2.74 bits per heavy atom. The molecule has 1 saturated heterocycles. The molecule has 2 aromatic rings. The molecule has 188 valence electrons. The molecule has 3 aliphatic heterocycles. The first-order valence-corrected chi connectivity index (χ1v) is 12.2. The highest BCUT2D eigenvalue weighted by Crippen LogP contribution is 2.31. The molecule has 5 rings (SSSR count). The summed E-state index contributed by atoms with van der Waals surface area (Å²) in [5, 5.41) is 16.4. The van der Waals surface area contributed by atoms with Gasteiger partial charge in [-0.2, -0.15) is 5.10 Å². The first-order valence-electron chi connectivity index (χ1n) is 12.2. The van der Waals surface area contributed by atoms with Crippen LogP contribution in [0.3, 0.4) is 0 Å². The summed E-state index contributed by atoms with van der Waals surface area (Å²) in [7, 11) is 1.91. The molecule has 0 saturated carbocycles. The number of amides is 1. The Morgan fingerprint density at radius 2 is 2.11 bits per heavy atom. The zero-order valence-corrected chi connectivity index (χ0v) is 20.8. The number of hydrogen-bond acceptors (Lipinski definition) is 5. The number of fused-ring (bicyclic) bond motifs is 1. The van der Waals surface area contributed by atoms with Crippen molar-refractivity contribution in [2.75, 3.05) is 37.7 Å². The van der Waals surface area contributed by atoms with Crippen LogP contribution in [0.25, 0.3) is 0 Å². The van der Waals surface area contributed by atoms with Gasteiger partial charge in [0.25, 0.3) is 0 Å². The molecule has 2 N–H and O–H groups in total. The van der Waals surface area contributed by atoms with Crippen LogP contribution in [0.15, 0.2) is 41.9 Å². The van der Waals surface area contributed by atoms with E-state index >= 15 is 0 Å². The average Bonchev–Trinajstić information content (AvgIpc) is 3.49. The maximum atomic E-state index is 13.9. The van der Waals surface area contributed by atoms with E-state index in [0.717, 1.165) is 48.4 Å². The van der Waals surface area contributed by atoms with Gasteiger partial charge in [-0.3, -0.25) is 14.9 Å². The number of halogens is 1. The third kappa shape index (κ3) is 6.08. The first-order chi connectivity index (χ1) is 16.8. The molecule has 3 aliphatic rings. The lowest BCUT2D eigenvalue weighted by atomic mass is 9.98. The Morgan fingerprint density at radius 1 is 1.29 bits per heavy atom. The topological polar surface area (TPSA) is 86.5 Å². The van der Waals surface area contributed by atoms with Crippen molar-refractivity contribution in [1.29, 1.82) is 5.41 Å². The summed E-state index contributed by atoms with van der Waals surface area (Å²) in [6, 6.07) is 5.06. The molecule has 4 heterocycles. The van der Waals surface area contributed by atoms with E-state index in [-0.39, 0.29) is 17.8 Å². The number of nitrogens with zero attached hydrogens (tertiary/aromatic N) is 4. The molecule has 9 heteroatoms. The van der Waals surface area contributed by atoms with Crippen LogP contribution in [0.5, 0.6) is 0 Å². The van der Waals surface area contributed by atoms with Crippen molar-refractivity contribution >= 4 is 17.4 Å². The normalized spacial score (nSPS) is 19.7. The molecule has 1 fully saturated rings. The van der Waals surface area contributed by atoms with Gasteiger partial charge in [0.05, 0.1) is 25.4 Å². The van der Waals surface area contributed by atoms with Crippen LogP contribution in [0.1, 0.15) is 37.3 Å². The van der Waals surface area contributed by atoms with Crippen LogP contribution in [0.2, 0.25) is 0 Å². The number of hydrogen-bond donors (Lipinski definition) is 2. The number of aromatic nitrogens is 2. The summed E-state index contributed by atoms with van der Waals surface area (Å²) in [5.41, 5.74) is 4.89. The Labute approximate surface area is 206 Å². The summed E-state index contributed by atoms with van der Waals surface area (Å²) in [6.45, 7) is 6.73. The Bertz CT molecular complexity index is 1090. The van der Waals surface area contributed by atoms with Crippen molar-refractivity contribution in [1.82, 2.24) is 20.0 Å². The van der Waals surface area contributed by atoms with Gasteiger partial charge in [0.2, 0.25) is 5.91 Å². The highest BCUT2D eigenvalue weighted by molar-refractivity contribution is 6.09. The predicted octanol–water partition coefficient (Wildman–Crippen LogP) is 3.17. The van der Waals surface area contributed by atoms with Crippen molar-refractivity contribution in [2.24, 2.45) is 7.05 Å². The third-order valence-electron chi connectivity index (χ3n) is 6.65. The fourth-order valence-corrected chi connectivity index (χ4v) is 4.79. The molecule has 1 aromatic heterocycles. The smallest absolute Gasteiger partial charge is 0.219 e. The van der Waals surface area contributed by atoms with Gasteiger partial charge in [-0.05, 0) is 49.4 Å². The second kappa shape index (κ2) is 11.0. The van der Waals surface area contributed by atoms with Gasteiger partial charge in [-0.15, -0.1) is 0 Å². The second-order valence-electron chi connectivity index (χ2n) is 9.42. The summed E-state index contributed by atoms with van der Waals surface area (Å²) in [5.74, 6) is 0.0837. The average molecular weight is 483 g/mol. The molecular formula is C26H35FN6O2. The molecule has 1 amide bonds. The predicted molar refractivity (Wildman–Crippen MR) is 134 cm³/mol. The molecule has 8 nitrogen and oxygen atoms in total. The number of aryl methyl sites for hydroxylation is 3. The van der Waals surface area contributed by atoms with Gasteiger partial charge in [0.1, 0.15) is 11.7 Å². The van der Waals surface area contributed by atoms with Crippen LogP contribution in [-0.2, 0) is 23.0 Å². The number of nitrogens with one attached hydrogen (secondary N) is 2. The lowest BCUT2D eigenvalue weighted by Gasteiger charge is -2.37. The summed E-state index contributed by atoms with van der Waals surface area (Å²) < 4.78 is 21.2. The number of amidine groups is 1. The molecule has 1 atom stereocenters. The van der Waals surface area contributed by atoms with Crippen LogP contribution in [-0.4, -0.2) is 65.3 Å². The lowest BCUT2D eigenvalue weighted by molar-refractivity contribution is -0.128. The molecule has 0 radical (unpaired) electrons. The van der Waals surface area contributed by atoms with Crippen molar-refractivity contribution in [3.63, 3.8) is 0 Å². The number of benzene rings is 1. The largest absolute Gasteiger partial charge is 0.383 e. The van der Waals surface area contributed by atoms with E-state index in [1.165, 1.54) is 17.7 Å². The van der Waals surface area contributed by atoms with Gasteiger partial charge in [-0.25, -0.2) is 4.39 Å². The van der Waals surface area contributed by atoms with E-state index in [1.807, 2.05) is 37.3 Å². The minimum Gasteiger partial charge on any atom is -0.383 e. The highest BCUT2D eigenvalue weighted by Gasteiger charge is 2.30. The number of carbonyl (C=O) groups excluding carboxylic acids is 1.